The smallest absolute Gasteiger partial charge is 0.262 e. The van der Waals surface area contributed by atoms with Gasteiger partial charge in [0.1, 0.15) is 11.5 Å². The maximum atomic E-state index is 13.1. The van der Waals surface area contributed by atoms with Gasteiger partial charge in [-0.05, 0) is 55.5 Å². The molecule has 1 N–H and O–H groups in total. The number of anilines is 1. The van der Waals surface area contributed by atoms with E-state index in [0.29, 0.717) is 33.3 Å². The molecule has 0 aromatic heterocycles. The maximum absolute atomic E-state index is 13.1. The van der Waals surface area contributed by atoms with E-state index in [4.69, 9.17) is 21.1 Å². The summed E-state index contributed by atoms with van der Waals surface area (Å²) in [6.07, 6.45) is 0. The number of carbonyl (C=O) groups excluding carboxylic acids is 2. The monoisotopic (exact) mass is 409 g/mol. The van der Waals surface area contributed by atoms with Gasteiger partial charge in [0.2, 0.25) is 0 Å². The number of benzene rings is 3. The van der Waals surface area contributed by atoms with Gasteiger partial charge in [-0.2, -0.15) is 0 Å². The van der Waals surface area contributed by atoms with Crippen molar-refractivity contribution in [2.75, 3.05) is 19.0 Å². The fraction of sp³-hybridized carbons (Fsp3) is 0.130. The number of halogens is 1. The third-order valence-corrected chi connectivity index (χ3v) is 4.47. The third-order valence-electron chi connectivity index (χ3n) is 4.22. The van der Waals surface area contributed by atoms with Crippen LogP contribution < -0.4 is 14.8 Å². The fourth-order valence-corrected chi connectivity index (χ4v) is 2.92. The van der Waals surface area contributed by atoms with Crippen molar-refractivity contribution < 1.29 is 19.1 Å². The zero-order chi connectivity index (χ0) is 20.8. The summed E-state index contributed by atoms with van der Waals surface area (Å²) >= 11 is 5.84. The van der Waals surface area contributed by atoms with E-state index < -0.39 is 0 Å². The molecule has 0 saturated carbocycles. The second-order valence-corrected chi connectivity index (χ2v) is 6.81. The summed E-state index contributed by atoms with van der Waals surface area (Å²) in [7, 11) is 1.51. The number of hydrogen-bond acceptors (Lipinski definition) is 4. The first-order valence-corrected chi connectivity index (χ1v) is 9.32. The molecule has 0 aliphatic carbocycles. The van der Waals surface area contributed by atoms with Crippen LogP contribution in [0.2, 0.25) is 5.02 Å². The van der Waals surface area contributed by atoms with Gasteiger partial charge in [0.05, 0.1) is 18.2 Å². The van der Waals surface area contributed by atoms with E-state index in [1.807, 2.05) is 13.0 Å². The quantitative estimate of drug-likeness (QED) is 0.563. The van der Waals surface area contributed by atoms with Crippen LogP contribution in [0, 0.1) is 6.92 Å². The van der Waals surface area contributed by atoms with E-state index >= 15 is 0 Å². The van der Waals surface area contributed by atoms with Crippen LogP contribution in [0.15, 0.2) is 66.7 Å². The van der Waals surface area contributed by atoms with Gasteiger partial charge in [0.15, 0.2) is 12.4 Å². The van der Waals surface area contributed by atoms with Crippen LogP contribution in [0.4, 0.5) is 5.69 Å². The highest BCUT2D eigenvalue weighted by Gasteiger charge is 2.19. The van der Waals surface area contributed by atoms with E-state index in [9.17, 15) is 9.59 Å². The molecule has 0 aliphatic heterocycles. The topological polar surface area (TPSA) is 64.6 Å². The number of carbonyl (C=O) groups is 2. The first kappa shape index (κ1) is 20.4. The SMILES string of the molecule is COc1ccccc1C(=O)c1cc(C)ccc1OCC(=O)Nc1ccc(Cl)cc1. The summed E-state index contributed by atoms with van der Waals surface area (Å²) in [4.78, 5) is 25.3. The highest BCUT2D eigenvalue weighted by atomic mass is 35.5. The van der Waals surface area contributed by atoms with E-state index in [1.165, 1.54) is 7.11 Å². The lowest BCUT2D eigenvalue weighted by atomic mass is 10.00. The zero-order valence-electron chi connectivity index (χ0n) is 16.1. The minimum atomic E-state index is -0.344. The van der Waals surface area contributed by atoms with Crippen LogP contribution in [0.5, 0.6) is 11.5 Å². The van der Waals surface area contributed by atoms with Crippen LogP contribution in [0.3, 0.4) is 0 Å². The number of ketones is 1. The summed E-state index contributed by atoms with van der Waals surface area (Å²) < 4.78 is 11.0. The van der Waals surface area contributed by atoms with Gasteiger partial charge in [-0.3, -0.25) is 9.59 Å². The van der Waals surface area contributed by atoms with E-state index in [-0.39, 0.29) is 18.3 Å². The predicted octanol–water partition coefficient (Wildman–Crippen LogP) is 4.91. The summed E-state index contributed by atoms with van der Waals surface area (Å²) in [5.41, 5.74) is 2.31. The molecule has 0 aliphatic rings. The highest BCUT2D eigenvalue weighted by molar-refractivity contribution is 6.30. The van der Waals surface area contributed by atoms with Crippen molar-refractivity contribution in [3.8, 4) is 11.5 Å². The molecule has 29 heavy (non-hydrogen) atoms. The number of aryl methyl sites for hydroxylation is 1. The molecule has 1 amide bonds. The standard InChI is InChI=1S/C23H20ClNO4/c1-15-7-12-21(29-14-22(26)25-17-10-8-16(24)9-11-17)19(13-15)23(27)18-5-3-4-6-20(18)28-2/h3-13H,14H2,1-2H3,(H,25,26). The molecule has 0 radical (unpaired) electrons. The molecular formula is C23H20ClNO4. The lowest BCUT2D eigenvalue weighted by molar-refractivity contribution is -0.118. The molecule has 0 atom stereocenters. The van der Waals surface area contributed by atoms with Crippen molar-refractivity contribution in [2.24, 2.45) is 0 Å². The first-order chi connectivity index (χ1) is 14.0. The number of ether oxygens (including phenoxy) is 2. The van der Waals surface area contributed by atoms with Crippen molar-refractivity contribution >= 4 is 29.0 Å². The van der Waals surface area contributed by atoms with Crippen LogP contribution in [-0.4, -0.2) is 25.4 Å². The van der Waals surface area contributed by atoms with Gasteiger partial charge in [0, 0.05) is 10.7 Å². The van der Waals surface area contributed by atoms with Crippen molar-refractivity contribution in [3.05, 3.63) is 88.4 Å². The molecule has 3 rings (SSSR count). The van der Waals surface area contributed by atoms with Crippen LogP contribution in [0.25, 0.3) is 0 Å². The van der Waals surface area contributed by atoms with Crippen molar-refractivity contribution in [1.29, 1.82) is 0 Å². The number of hydrogen-bond donors (Lipinski definition) is 1. The minimum Gasteiger partial charge on any atom is -0.496 e. The normalized spacial score (nSPS) is 10.3. The van der Waals surface area contributed by atoms with E-state index in [0.717, 1.165) is 5.56 Å². The van der Waals surface area contributed by atoms with Crippen LogP contribution in [0.1, 0.15) is 21.5 Å². The molecular weight excluding hydrogens is 390 g/mol. The molecule has 0 spiro atoms. The Bertz CT molecular complexity index is 1030. The van der Waals surface area contributed by atoms with Crippen LogP contribution in [-0.2, 0) is 4.79 Å². The average molecular weight is 410 g/mol. The summed E-state index contributed by atoms with van der Waals surface area (Å²) in [6, 6.07) is 19.0. The molecule has 0 bridgehead atoms. The van der Waals surface area contributed by atoms with E-state index in [2.05, 4.69) is 5.32 Å². The number of amides is 1. The molecule has 3 aromatic rings. The Balaban J connectivity index is 1.77. The van der Waals surface area contributed by atoms with Gasteiger partial charge in [-0.1, -0.05) is 35.4 Å². The molecule has 5 nitrogen and oxygen atoms in total. The molecule has 0 saturated heterocycles. The molecule has 148 valence electrons. The molecule has 0 heterocycles. The number of nitrogens with one attached hydrogen (secondary N) is 1. The molecule has 6 heteroatoms. The lowest BCUT2D eigenvalue weighted by Gasteiger charge is -2.13. The van der Waals surface area contributed by atoms with Crippen molar-refractivity contribution in [3.63, 3.8) is 0 Å². The zero-order valence-corrected chi connectivity index (χ0v) is 16.8. The Labute approximate surface area is 174 Å². The number of rotatable bonds is 7. The fourth-order valence-electron chi connectivity index (χ4n) is 2.80. The summed E-state index contributed by atoms with van der Waals surface area (Å²) in [6.45, 7) is 1.65. The van der Waals surface area contributed by atoms with Gasteiger partial charge < -0.3 is 14.8 Å². The second kappa shape index (κ2) is 9.26. The maximum Gasteiger partial charge on any atom is 0.262 e. The largest absolute Gasteiger partial charge is 0.496 e. The Hall–Kier alpha value is -3.31. The molecule has 0 unspecified atom stereocenters. The Kier molecular flexibility index (Phi) is 6.52. The third kappa shape index (κ3) is 5.15. The van der Waals surface area contributed by atoms with E-state index in [1.54, 1.807) is 60.7 Å². The summed E-state index contributed by atoms with van der Waals surface area (Å²) in [5, 5.41) is 3.30. The Morgan fingerprint density at radius 2 is 1.66 bits per heavy atom. The van der Waals surface area contributed by atoms with Crippen LogP contribution >= 0.6 is 11.6 Å². The van der Waals surface area contributed by atoms with Gasteiger partial charge in [-0.25, -0.2) is 0 Å². The summed E-state index contributed by atoms with van der Waals surface area (Å²) in [5.74, 6) is 0.228. The molecule has 3 aromatic carbocycles. The van der Waals surface area contributed by atoms with Crippen molar-refractivity contribution in [2.45, 2.75) is 6.92 Å². The van der Waals surface area contributed by atoms with Gasteiger partial charge in [-0.15, -0.1) is 0 Å². The number of methoxy groups -OCH3 is 1. The van der Waals surface area contributed by atoms with Gasteiger partial charge >= 0.3 is 0 Å². The highest BCUT2D eigenvalue weighted by Crippen LogP contribution is 2.27. The Morgan fingerprint density at radius 3 is 2.38 bits per heavy atom. The first-order valence-electron chi connectivity index (χ1n) is 8.94. The lowest BCUT2D eigenvalue weighted by Crippen LogP contribution is -2.21. The second-order valence-electron chi connectivity index (χ2n) is 6.37. The average Bonchev–Trinajstić information content (AvgIpc) is 2.74. The van der Waals surface area contributed by atoms with Gasteiger partial charge in [0.25, 0.3) is 5.91 Å². The number of para-hydroxylation sites is 1. The molecule has 0 fully saturated rings. The minimum absolute atomic E-state index is 0.237. The van der Waals surface area contributed by atoms with Crippen molar-refractivity contribution in [1.82, 2.24) is 0 Å². The predicted molar refractivity (Wildman–Crippen MR) is 113 cm³/mol. The Morgan fingerprint density at radius 1 is 0.931 bits per heavy atom.